The van der Waals surface area contributed by atoms with Crippen LogP contribution in [0.25, 0.3) is 0 Å². The number of carbonyl (C=O) groups is 2. The highest BCUT2D eigenvalue weighted by atomic mass is 16.4. The van der Waals surface area contributed by atoms with Gasteiger partial charge in [-0.25, -0.2) is 0 Å². The van der Waals surface area contributed by atoms with Gasteiger partial charge in [0, 0.05) is 0 Å². The van der Waals surface area contributed by atoms with Crippen LogP contribution in [0, 0.1) is 0 Å². The van der Waals surface area contributed by atoms with Crippen LogP contribution in [0.15, 0.2) is 60.7 Å². The largest absolute Gasteiger partial charge is 0.480 e. The Bertz CT molecular complexity index is 634. The van der Waals surface area contributed by atoms with Gasteiger partial charge in [0.15, 0.2) is 0 Å². The second-order valence-electron chi connectivity index (χ2n) is 5.44. The van der Waals surface area contributed by atoms with Gasteiger partial charge >= 0.3 is 11.9 Å². The van der Waals surface area contributed by atoms with Crippen molar-refractivity contribution in [3.05, 3.63) is 71.8 Å². The van der Waals surface area contributed by atoms with Gasteiger partial charge in [0.1, 0.15) is 24.3 Å². The van der Waals surface area contributed by atoms with Crippen molar-refractivity contribution in [2.24, 2.45) is 11.5 Å². The van der Waals surface area contributed by atoms with Gasteiger partial charge in [-0.05, 0) is 11.1 Å². The molecule has 0 heterocycles. The molecular formula is C18H22N2O6. The molecule has 0 saturated heterocycles. The van der Waals surface area contributed by atoms with Gasteiger partial charge in [-0.3, -0.25) is 9.59 Å². The number of rotatable bonds is 6. The molecule has 2 aromatic carbocycles. The number of hydrogen-bond acceptors (Lipinski definition) is 6. The third kappa shape index (κ3) is 6.26. The van der Waals surface area contributed by atoms with E-state index in [1.165, 1.54) is 0 Å². The van der Waals surface area contributed by atoms with Crippen molar-refractivity contribution < 1.29 is 30.0 Å². The van der Waals surface area contributed by atoms with Gasteiger partial charge in [0.2, 0.25) is 0 Å². The Morgan fingerprint density at radius 1 is 0.654 bits per heavy atom. The first kappa shape index (κ1) is 21.3. The third-order valence-corrected chi connectivity index (χ3v) is 3.53. The molecule has 26 heavy (non-hydrogen) atoms. The lowest BCUT2D eigenvalue weighted by atomic mass is 10.0. The Morgan fingerprint density at radius 3 is 1.15 bits per heavy atom. The molecule has 0 aliphatic carbocycles. The van der Waals surface area contributed by atoms with Crippen molar-refractivity contribution in [1.29, 1.82) is 0 Å². The van der Waals surface area contributed by atoms with Gasteiger partial charge in [0.25, 0.3) is 0 Å². The fourth-order valence-electron chi connectivity index (χ4n) is 1.99. The highest BCUT2D eigenvalue weighted by Crippen LogP contribution is 2.15. The van der Waals surface area contributed by atoms with E-state index < -0.39 is 36.2 Å². The van der Waals surface area contributed by atoms with Crippen molar-refractivity contribution >= 4 is 11.9 Å². The Kier molecular flexibility index (Phi) is 8.40. The lowest BCUT2D eigenvalue weighted by Crippen LogP contribution is -2.36. The number of carboxylic acid groups (broad SMARTS) is 2. The first-order chi connectivity index (χ1) is 12.3. The maximum Gasteiger partial charge on any atom is 0.323 e. The van der Waals surface area contributed by atoms with Gasteiger partial charge in [-0.2, -0.15) is 0 Å². The number of hydrogen-bond donors (Lipinski definition) is 6. The van der Waals surface area contributed by atoms with Gasteiger partial charge in [-0.1, -0.05) is 60.7 Å². The number of aliphatic hydroxyl groups is 2. The molecule has 2 aromatic rings. The smallest absolute Gasteiger partial charge is 0.323 e. The molecule has 2 rings (SSSR count). The minimum Gasteiger partial charge on any atom is -0.480 e. The van der Waals surface area contributed by atoms with Crippen LogP contribution in [0.2, 0.25) is 0 Å². The minimum atomic E-state index is -1.28. The summed E-state index contributed by atoms with van der Waals surface area (Å²) in [6.07, 6.45) is -2.31. The summed E-state index contributed by atoms with van der Waals surface area (Å²) >= 11 is 0. The van der Waals surface area contributed by atoms with E-state index in [4.69, 9.17) is 21.7 Å². The maximum absolute atomic E-state index is 10.4. The summed E-state index contributed by atoms with van der Waals surface area (Å²) in [4.78, 5) is 20.9. The second-order valence-corrected chi connectivity index (χ2v) is 5.44. The van der Waals surface area contributed by atoms with Crippen LogP contribution in [-0.2, 0) is 9.59 Å². The fourth-order valence-corrected chi connectivity index (χ4v) is 1.99. The molecular weight excluding hydrogens is 340 g/mol. The molecule has 0 amide bonds. The molecule has 0 radical (unpaired) electrons. The van der Waals surface area contributed by atoms with E-state index in [1.54, 1.807) is 60.7 Å². The highest BCUT2D eigenvalue weighted by Gasteiger charge is 2.23. The van der Waals surface area contributed by atoms with Crippen LogP contribution in [-0.4, -0.2) is 44.4 Å². The van der Waals surface area contributed by atoms with Gasteiger partial charge in [0.05, 0.1) is 0 Å². The number of benzene rings is 2. The van der Waals surface area contributed by atoms with E-state index in [9.17, 15) is 19.8 Å². The standard InChI is InChI=1S/2C9H11NO3/c2*10-7(9(12)13)8(11)6-4-2-1-3-5-6/h2*1-5,7-8,11H,10H2,(H,12,13)/t2*7-,8?/m00/s1. The average molecular weight is 362 g/mol. The van der Waals surface area contributed by atoms with Crippen LogP contribution in [0.4, 0.5) is 0 Å². The lowest BCUT2D eigenvalue weighted by molar-refractivity contribution is -0.142. The topological polar surface area (TPSA) is 167 Å². The molecule has 140 valence electrons. The molecule has 0 fully saturated rings. The second kappa shape index (κ2) is 10.3. The summed E-state index contributed by atoms with van der Waals surface area (Å²) in [6, 6.07) is 14.4. The molecule has 0 saturated carbocycles. The molecule has 0 aliphatic heterocycles. The first-order valence-electron chi connectivity index (χ1n) is 7.68. The average Bonchev–Trinajstić information content (AvgIpc) is 2.67. The maximum atomic E-state index is 10.4. The molecule has 0 bridgehead atoms. The van der Waals surface area contributed by atoms with Crippen LogP contribution < -0.4 is 11.5 Å². The Hall–Kier alpha value is -2.78. The molecule has 0 spiro atoms. The van der Waals surface area contributed by atoms with Crippen LogP contribution in [0.5, 0.6) is 0 Å². The SMILES string of the molecule is N[C@H](C(=O)O)C(O)c1ccccc1.N[C@H](C(=O)O)C(O)c1ccccc1. The molecule has 8 heteroatoms. The van der Waals surface area contributed by atoms with E-state index in [-0.39, 0.29) is 0 Å². The monoisotopic (exact) mass is 362 g/mol. The predicted octanol–water partition coefficient (Wildman–Crippen LogP) is 0.264. The molecule has 8 N–H and O–H groups in total. The van der Waals surface area contributed by atoms with Crippen LogP contribution in [0.1, 0.15) is 23.3 Å². The Morgan fingerprint density at radius 2 is 0.923 bits per heavy atom. The van der Waals surface area contributed by atoms with Crippen molar-refractivity contribution in [2.75, 3.05) is 0 Å². The summed E-state index contributed by atoms with van der Waals surface area (Å²) in [5.41, 5.74) is 11.5. The summed E-state index contributed by atoms with van der Waals surface area (Å²) in [7, 11) is 0. The number of nitrogens with two attached hydrogens (primary N) is 2. The van der Waals surface area contributed by atoms with E-state index in [1.807, 2.05) is 0 Å². The molecule has 0 aliphatic rings. The predicted molar refractivity (Wildman–Crippen MR) is 94.0 cm³/mol. The van der Waals surface area contributed by atoms with Crippen molar-refractivity contribution in [3.63, 3.8) is 0 Å². The third-order valence-electron chi connectivity index (χ3n) is 3.53. The van der Waals surface area contributed by atoms with E-state index >= 15 is 0 Å². The molecule has 0 aromatic heterocycles. The van der Waals surface area contributed by atoms with E-state index in [2.05, 4.69) is 0 Å². The Balaban J connectivity index is 0.000000260. The van der Waals surface area contributed by atoms with Crippen LogP contribution >= 0.6 is 0 Å². The normalized spacial score (nSPS) is 14.9. The lowest BCUT2D eigenvalue weighted by Gasteiger charge is -2.14. The fraction of sp³-hybridized carbons (Fsp3) is 0.222. The summed E-state index contributed by atoms with van der Waals surface area (Å²) in [6.45, 7) is 0. The number of aliphatic carboxylic acids is 2. The highest BCUT2D eigenvalue weighted by molar-refractivity contribution is 5.74. The molecule has 2 unspecified atom stereocenters. The zero-order chi connectivity index (χ0) is 19.7. The van der Waals surface area contributed by atoms with E-state index in [0.717, 1.165) is 0 Å². The quantitative estimate of drug-likeness (QED) is 0.425. The minimum absolute atomic E-state index is 0.511. The number of aliphatic hydroxyl groups excluding tert-OH is 2. The number of carboxylic acids is 2. The van der Waals surface area contributed by atoms with Gasteiger partial charge < -0.3 is 31.9 Å². The first-order valence-corrected chi connectivity index (χ1v) is 7.68. The Labute approximate surface area is 150 Å². The summed E-state index contributed by atoms with van der Waals surface area (Å²) < 4.78 is 0. The zero-order valence-corrected chi connectivity index (χ0v) is 13.8. The van der Waals surface area contributed by atoms with Gasteiger partial charge in [-0.15, -0.1) is 0 Å². The molecule has 8 nitrogen and oxygen atoms in total. The van der Waals surface area contributed by atoms with Crippen molar-refractivity contribution in [2.45, 2.75) is 24.3 Å². The summed E-state index contributed by atoms with van der Waals surface area (Å²) in [5, 5.41) is 36.0. The van der Waals surface area contributed by atoms with Crippen molar-refractivity contribution in [1.82, 2.24) is 0 Å². The van der Waals surface area contributed by atoms with Crippen molar-refractivity contribution in [3.8, 4) is 0 Å². The van der Waals surface area contributed by atoms with Crippen LogP contribution in [0.3, 0.4) is 0 Å². The summed E-state index contributed by atoms with van der Waals surface area (Å²) in [5.74, 6) is -2.42. The zero-order valence-electron chi connectivity index (χ0n) is 13.8. The van der Waals surface area contributed by atoms with E-state index in [0.29, 0.717) is 11.1 Å². The molecule has 4 atom stereocenters.